The molecule has 2 N–H and O–H groups in total. The van der Waals surface area contributed by atoms with Gasteiger partial charge in [0.05, 0.1) is 7.11 Å². The number of Topliss-reactive ketones (excluding diaryl/α,β-unsaturated/α-hetero) is 1. The fourth-order valence-corrected chi connectivity index (χ4v) is 2.72. The van der Waals surface area contributed by atoms with Crippen molar-refractivity contribution in [2.45, 2.75) is 20.4 Å². The second kappa shape index (κ2) is 9.77. The number of esters is 1. The molecule has 1 heterocycles. The van der Waals surface area contributed by atoms with Gasteiger partial charge in [-0.3, -0.25) is 18.7 Å². The van der Waals surface area contributed by atoms with Crippen LogP contribution in [0.2, 0.25) is 0 Å². The van der Waals surface area contributed by atoms with Crippen molar-refractivity contribution in [2.75, 3.05) is 26.1 Å². The smallest absolute Gasteiger partial charge is 0.344 e. The van der Waals surface area contributed by atoms with Crippen LogP contribution < -0.4 is 26.5 Å². The van der Waals surface area contributed by atoms with Crippen LogP contribution in [-0.4, -0.2) is 41.2 Å². The van der Waals surface area contributed by atoms with E-state index in [9.17, 15) is 19.2 Å². The number of hydrogen-bond donors (Lipinski definition) is 1. The van der Waals surface area contributed by atoms with E-state index in [1.165, 1.54) is 14.2 Å². The SMILES string of the molecule is COc1ccccc1OCC(=O)OCC(=O)c1c(N)n(CC(C)C)c(=O)n(C)c1=O. The van der Waals surface area contributed by atoms with E-state index in [2.05, 4.69) is 0 Å². The van der Waals surface area contributed by atoms with Crippen molar-refractivity contribution in [2.24, 2.45) is 13.0 Å². The number of rotatable bonds is 9. The van der Waals surface area contributed by atoms with Crippen LogP contribution in [0.4, 0.5) is 5.82 Å². The maximum atomic E-state index is 12.5. The van der Waals surface area contributed by atoms with Crippen molar-refractivity contribution in [3.8, 4) is 11.5 Å². The van der Waals surface area contributed by atoms with Gasteiger partial charge in [-0.25, -0.2) is 9.59 Å². The van der Waals surface area contributed by atoms with Gasteiger partial charge < -0.3 is 19.9 Å². The molecule has 2 rings (SSSR count). The highest BCUT2D eigenvalue weighted by atomic mass is 16.6. The summed E-state index contributed by atoms with van der Waals surface area (Å²) in [6.45, 7) is 2.77. The molecule has 0 spiro atoms. The lowest BCUT2D eigenvalue weighted by Gasteiger charge is -2.16. The average molecular weight is 419 g/mol. The van der Waals surface area contributed by atoms with E-state index >= 15 is 0 Å². The van der Waals surface area contributed by atoms with Crippen LogP contribution in [0.1, 0.15) is 24.2 Å². The van der Waals surface area contributed by atoms with Gasteiger partial charge >= 0.3 is 11.7 Å². The Morgan fingerprint density at radius 3 is 2.33 bits per heavy atom. The van der Waals surface area contributed by atoms with Gasteiger partial charge in [-0.15, -0.1) is 0 Å². The summed E-state index contributed by atoms with van der Waals surface area (Å²) in [5, 5.41) is 0. The zero-order chi connectivity index (χ0) is 22.4. The summed E-state index contributed by atoms with van der Waals surface area (Å²) in [6.07, 6.45) is 0. The number of hydrogen-bond acceptors (Lipinski definition) is 8. The van der Waals surface area contributed by atoms with E-state index in [1.54, 1.807) is 24.3 Å². The van der Waals surface area contributed by atoms with E-state index < -0.39 is 41.8 Å². The van der Waals surface area contributed by atoms with Crippen molar-refractivity contribution in [3.05, 3.63) is 50.7 Å². The molecule has 0 radical (unpaired) electrons. The first-order chi connectivity index (χ1) is 14.2. The number of methoxy groups -OCH3 is 1. The van der Waals surface area contributed by atoms with Gasteiger partial charge in [0.25, 0.3) is 5.56 Å². The monoisotopic (exact) mass is 419 g/mol. The molecule has 0 aliphatic carbocycles. The maximum absolute atomic E-state index is 12.5. The number of para-hydroxylation sites is 2. The lowest BCUT2D eigenvalue weighted by Crippen LogP contribution is -2.43. The number of nitrogen functional groups attached to an aromatic ring is 1. The summed E-state index contributed by atoms with van der Waals surface area (Å²) in [5.74, 6) is -1.05. The Bertz CT molecular complexity index is 1050. The number of carbonyl (C=O) groups is 2. The molecule has 0 aliphatic heterocycles. The first kappa shape index (κ1) is 22.7. The second-order valence-electron chi connectivity index (χ2n) is 6.93. The molecule has 0 saturated heterocycles. The second-order valence-corrected chi connectivity index (χ2v) is 6.93. The van der Waals surface area contributed by atoms with Crippen LogP contribution in [0.5, 0.6) is 11.5 Å². The normalized spacial score (nSPS) is 10.7. The minimum atomic E-state index is -0.844. The quantitative estimate of drug-likeness (QED) is 0.462. The molecule has 10 nitrogen and oxygen atoms in total. The Morgan fingerprint density at radius 1 is 1.10 bits per heavy atom. The van der Waals surface area contributed by atoms with Crippen molar-refractivity contribution in [1.29, 1.82) is 0 Å². The van der Waals surface area contributed by atoms with Gasteiger partial charge in [-0.2, -0.15) is 0 Å². The van der Waals surface area contributed by atoms with Gasteiger partial charge in [0, 0.05) is 13.6 Å². The van der Waals surface area contributed by atoms with Gasteiger partial charge in [-0.05, 0) is 18.1 Å². The molecule has 0 fully saturated rings. The van der Waals surface area contributed by atoms with Crippen molar-refractivity contribution in [3.63, 3.8) is 0 Å². The van der Waals surface area contributed by atoms with Gasteiger partial charge in [0.1, 0.15) is 11.4 Å². The first-order valence-electron chi connectivity index (χ1n) is 9.21. The summed E-state index contributed by atoms with van der Waals surface area (Å²) in [5.41, 5.74) is 4.07. The summed E-state index contributed by atoms with van der Waals surface area (Å²) in [6, 6.07) is 6.72. The average Bonchev–Trinajstić information content (AvgIpc) is 2.72. The fraction of sp³-hybridized carbons (Fsp3) is 0.400. The predicted molar refractivity (Wildman–Crippen MR) is 109 cm³/mol. The molecular formula is C20H25N3O7. The first-order valence-corrected chi connectivity index (χ1v) is 9.21. The third kappa shape index (κ3) is 5.07. The van der Waals surface area contributed by atoms with E-state index in [0.29, 0.717) is 11.5 Å². The summed E-state index contributed by atoms with van der Waals surface area (Å²) >= 11 is 0. The van der Waals surface area contributed by atoms with Crippen LogP contribution in [0.15, 0.2) is 33.9 Å². The van der Waals surface area contributed by atoms with Crippen LogP contribution in [-0.2, 0) is 23.1 Å². The highest BCUT2D eigenvalue weighted by molar-refractivity contribution is 6.01. The van der Waals surface area contributed by atoms with Crippen LogP contribution in [0.3, 0.4) is 0 Å². The molecule has 0 bridgehead atoms. The molecule has 162 valence electrons. The molecule has 10 heteroatoms. The number of aromatic nitrogens is 2. The molecular weight excluding hydrogens is 394 g/mol. The number of ketones is 1. The Hall–Kier alpha value is -3.56. The Morgan fingerprint density at radius 2 is 1.73 bits per heavy atom. The molecule has 0 saturated carbocycles. The predicted octanol–water partition coefficient (Wildman–Crippen LogP) is 0.599. The topological polar surface area (TPSA) is 132 Å². The number of anilines is 1. The van der Waals surface area contributed by atoms with Crippen molar-refractivity contribution in [1.82, 2.24) is 9.13 Å². The number of benzene rings is 1. The Labute approximate surface area is 172 Å². The van der Waals surface area contributed by atoms with Gasteiger partial charge in [0.15, 0.2) is 24.7 Å². The van der Waals surface area contributed by atoms with Crippen LogP contribution in [0, 0.1) is 5.92 Å². The molecule has 0 atom stereocenters. The number of ether oxygens (including phenoxy) is 3. The van der Waals surface area contributed by atoms with E-state index in [4.69, 9.17) is 19.9 Å². The minimum absolute atomic E-state index is 0.0513. The third-order valence-electron chi connectivity index (χ3n) is 4.19. The van der Waals surface area contributed by atoms with E-state index in [-0.39, 0.29) is 18.3 Å². The molecule has 0 unspecified atom stereocenters. The van der Waals surface area contributed by atoms with Gasteiger partial charge in [0.2, 0.25) is 5.78 Å². The lowest BCUT2D eigenvalue weighted by molar-refractivity contribution is -0.144. The van der Waals surface area contributed by atoms with E-state index in [0.717, 1.165) is 9.13 Å². The Kier molecular flexibility index (Phi) is 7.40. The standard InChI is InChI=1S/C20H25N3O7/c1-12(2)9-23-18(21)17(19(26)22(3)20(23)27)13(24)10-30-16(25)11-29-15-8-6-5-7-14(15)28-4/h5-8,12H,9-11,21H2,1-4H3. The molecule has 30 heavy (non-hydrogen) atoms. The lowest BCUT2D eigenvalue weighted by atomic mass is 10.1. The van der Waals surface area contributed by atoms with Crippen molar-refractivity contribution < 1.29 is 23.8 Å². The highest BCUT2D eigenvalue weighted by Gasteiger charge is 2.23. The highest BCUT2D eigenvalue weighted by Crippen LogP contribution is 2.25. The Balaban J connectivity index is 2.11. The number of nitrogens with zero attached hydrogens (tertiary/aromatic N) is 2. The zero-order valence-electron chi connectivity index (χ0n) is 17.3. The van der Waals surface area contributed by atoms with Crippen molar-refractivity contribution >= 4 is 17.6 Å². The molecule has 1 aromatic carbocycles. The van der Waals surface area contributed by atoms with Crippen LogP contribution >= 0.6 is 0 Å². The summed E-state index contributed by atoms with van der Waals surface area (Å²) in [4.78, 5) is 49.1. The maximum Gasteiger partial charge on any atom is 0.344 e. The number of nitrogens with two attached hydrogens (primary N) is 1. The molecule has 1 aromatic heterocycles. The number of carbonyl (C=O) groups excluding carboxylic acids is 2. The molecule has 2 aromatic rings. The van der Waals surface area contributed by atoms with E-state index in [1.807, 2.05) is 13.8 Å². The van der Waals surface area contributed by atoms with Crippen LogP contribution in [0.25, 0.3) is 0 Å². The summed E-state index contributed by atoms with van der Waals surface area (Å²) in [7, 11) is 2.72. The molecule has 0 aliphatic rings. The molecule has 0 amide bonds. The largest absolute Gasteiger partial charge is 0.493 e. The minimum Gasteiger partial charge on any atom is -0.493 e. The zero-order valence-corrected chi connectivity index (χ0v) is 17.3. The van der Waals surface area contributed by atoms with Gasteiger partial charge in [-0.1, -0.05) is 26.0 Å². The fourth-order valence-electron chi connectivity index (χ4n) is 2.72. The summed E-state index contributed by atoms with van der Waals surface area (Å²) < 4.78 is 17.3. The third-order valence-corrected chi connectivity index (χ3v) is 4.19.